The smallest absolute Gasteiger partial charge is 0.475 e. The highest BCUT2D eigenvalue weighted by Crippen LogP contribution is 2.22. The number of carboxylic acid groups (broad SMARTS) is 2. The van der Waals surface area contributed by atoms with Gasteiger partial charge in [-0.1, -0.05) is 18.2 Å². The molecule has 0 saturated heterocycles. The molecule has 0 aliphatic heterocycles. The third-order valence-electron chi connectivity index (χ3n) is 3.08. The summed E-state index contributed by atoms with van der Waals surface area (Å²) >= 11 is 0. The summed E-state index contributed by atoms with van der Waals surface area (Å²) in [5, 5.41) is 26.2. The van der Waals surface area contributed by atoms with E-state index < -0.39 is 30.1 Å². The molecule has 14 heteroatoms. The summed E-state index contributed by atoms with van der Waals surface area (Å²) in [5.41, 5.74) is 7.78. The van der Waals surface area contributed by atoms with Crippen LogP contribution in [-0.4, -0.2) is 34.5 Å². The number of aliphatic carboxylic acids is 2. The topological polar surface area (TPSA) is 136 Å². The molecule has 0 aromatic heterocycles. The maximum Gasteiger partial charge on any atom is 0.490 e. The van der Waals surface area contributed by atoms with Crippen LogP contribution in [0.15, 0.2) is 42.5 Å². The molecule has 0 spiro atoms. The molecule has 0 atom stereocenters. The standard InChI is InChI=1S/C14H12FN3.2C2HF3O2/c15-13-2-1-3-14(12(13)9-17)18-11-6-4-10(8-16)5-7-11;2*3-2(4,5)1(6)7/h1-7,18H,8,16H2;2*(H,6,7). The lowest BCUT2D eigenvalue weighted by atomic mass is 10.1. The number of rotatable bonds is 3. The Morgan fingerprint density at radius 3 is 1.72 bits per heavy atom. The summed E-state index contributed by atoms with van der Waals surface area (Å²) in [7, 11) is 0. The van der Waals surface area contributed by atoms with Crippen molar-refractivity contribution in [3.05, 3.63) is 59.4 Å². The number of halogens is 7. The van der Waals surface area contributed by atoms with Crippen LogP contribution in [0, 0.1) is 17.1 Å². The van der Waals surface area contributed by atoms with Gasteiger partial charge in [-0.05, 0) is 29.8 Å². The van der Waals surface area contributed by atoms with Gasteiger partial charge in [0, 0.05) is 12.2 Å². The van der Waals surface area contributed by atoms with Crippen molar-refractivity contribution in [3.63, 3.8) is 0 Å². The lowest BCUT2D eigenvalue weighted by molar-refractivity contribution is -0.193. The van der Waals surface area contributed by atoms with Gasteiger partial charge in [-0.25, -0.2) is 14.0 Å². The molecule has 174 valence electrons. The molecule has 0 bridgehead atoms. The fourth-order valence-electron chi connectivity index (χ4n) is 1.62. The highest BCUT2D eigenvalue weighted by Gasteiger charge is 2.38. The van der Waals surface area contributed by atoms with Gasteiger partial charge in [0.05, 0.1) is 5.69 Å². The minimum Gasteiger partial charge on any atom is -0.475 e. The predicted octanol–water partition coefficient (Wildman–Crippen LogP) is 4.17. The van der Waals surface area contributed by atoms with E-state index in [9.17, 15) is 30.7 Å². The van der Waals surface area contributed by atoms with Crippen LogP contribution >= 0.6 is 0 Å². The average molecular weight is 469 g/mol. The minimum absolute atomic E-state index is 0.0143. The third kappa shape index (κ3) is 10.3. The highest BCUT2D eigenvalue weighted by molar-refractivity contribution is 5.73. The van der Waals surface area contributed by atoms with Crippen LogP contribution in [0.5, 0.6) is 0 Å². The van der Waals surface area contributed by atoms with Crippen molar-refractivity contribution in [3.8, 4) is 6.07 Å². The van der Waals surface area contributed by atoms with Crippen molar-refractivity contribution >= 4 is 23.3 Å². The highest BCUT2D eigenvalue weighted by atomic mass is 19.4. The van der Waals surface area contributed by atoms with Crippen LogP contribution in [0.3, 0.4) is 0 Å². The second-order valence-corrected chi connectivity index (χ2v) is 5.41. The van der Waals surface area contributed by atoms with E-state index in [1.165, 1.54) is 6.07 Å². The molecule has 0 aliphatic carbocycles. The van der Waals surface area contributed by atoms with Gasteiger partial charge >= 0.3 is 24.3 Å². The molecule has 0 unspecified atom stereocenters. The summed E-state index contributed by atoms with van der Waals surface area (Å²) < 4.78 is 76.9. The molecule has 2 aromatic carbocycles. The molecule has 32 heavy (non-hydrogen) atoms. The lowest BCUT2D eigenvalue weighted by Gasteiger charge is -2.09. The molecule has 2 aromatic rings. The zero-order valence-electron chi connectivity index (χ0n) is 15.6. The first-order valence-corrected chi connectivity index (χ1v) is 7.98. The molecule has 0 heterocycles. The molecule has 7 nitrogen and oxygen atoms in total. The molecule has 0 aliphatic rings. The fraction of sp³-hybridized carbons (Fsp3) is 0.167. The second kappa shape index (κ2) is 12.1. The van der Waals surface area contributed by atoms with Gasteiger partial charge < -0.3 is 21.3 Å². The van der Waals surface area contributed by atoms with Crippen molar-refractivity contribution in [2.45, 2.75) is 18.9 Å². The molecule has 0 saturated carbocycles. The number of nitriles is 1. The van der Waals surface area contributed by atoms with Crippen molar-refractivity contribution < 1.29 is 50.5 Å². The Kier molecular flexibility index (Phi) is 10.6. The summed E-state index contributed by atoms with van der Waals surface area (Å²) in [6.45, 7) is 0.476. The quantitative estimate of drug-likeness (QED) is 0.496. The van der Waals surface area contributed by atoms with Gasteiger partial charge in [0.2, 0.25) is 0 Å². The third-order valence-corrected chi connectivity index (χ3v) is 3.08. The van der Waals surface area contributed by atoms with Gasteiger partial charge in [0.15, 0.2) is 0 Å². The molecular weight excluding hydrogens is 455 g/mol. The zero-order chi connectivity index (χ0) is 25.1. The van der Waals surface area contributed by atoms with Crippen molar-refractivity contribution in [2.75, 3.05) is 5.32 Å². The van der Waals surface area contributed by atoms with E-state index in [4.69, 9.17) is 30.8 Å². The summed E-state index contributed by atoms with van der Waals surface area (Å²) in [6.07, 6.45) is -10.2. The summed E-state index contributed by atoms with van der Waals surface area (Å²) in [5.74, 6) is -6.04. The van der Waals surface area contributed by atoms with Crippen molar-refractivity contribution in [1.82, 2.24) is 0 Å². The van der Waals surface area contributed by atoms with Gasteiger partial charge in [0.25, 0.3) is 0 Å². The van der Waals surface area contributed by atoms with E-state index in [1.807, 2.05) is 30.3 Å². The SMILES string of the molecule is N#Cc1c(F)cccc1Nc1ccc(CN)cc1.O=C(O)C(F)(F)F.O=C(O)C(F)(F)F. The van der Waals surface area contributed by atoms with E-state index in [-0.39, 0.29) is 5.56 Å². The Balaban J connectivity index is 0.000000570. The summed E-state index contributed by atoms with van der Waals surface area (Å²) in [4.78, 5) is 17.8. The Morgan fingerprint density at radius 1 is 0.938 bits per heavy atom. The number of nitrogens with two attached hydrogens (primary N) is 1. The Bertz CT molecular complexity index is 929. The number of nitrogens with zero attached hydrogens (tertiary/aromatic N) is 1. The number of nitrogens with one attached hydrogen (secondary N) is 1. The molecule has 0 amide bonds. The number of carbonyl (C=O) groups is 2. The van der Waals surface area contributed by atoms with Gasteiger partial charge in [-0.15, -0.1) is 0 Å². The first-order chi connectivity index (χ1) is 14.6. The first-order valence-electron chi connectivity index (χ1n) is 7.98. The van der Waals surface area contributed by atoms with E-state index in [2.05, 4.69) is 5.32 Å². The first kappa shape index (κ1) is 28.1. The zero-order valence-corrected chi connectivity index (χ0v) is 15.6. The number of benzene rings is 2. The molecule has 0 radical (unpaired) electrons. The van der Waals surface area contributed by atoms with Crippen molar-refractivity contribution in [2.24, 2.45) is 5.73 Å². The Hall–Kier alpha value is -3.86. The molecular formula is C18H14F7N3O4. The minimum atomic E-state index is -5.08. The Morgan fingerprint density at radius 2 is 1.38 bits per heavy atom. The van der Waals surface area contributed by atoms with Crippen LogP contribution < -0.4 is 11.1 Å². The van der Waals surface area contributed by atoms with E-state index in [0.717, 1.165) is 11.3 Å². The number of anilines is 2. The fourth-order valence-corrected chi connectivity index (χ4v) is 1.62. The monoisotopic (exact) mass is 469 g/mol. The molecule has 0 fully saturated rings. The average Bonchev–Trinajstić information content (AvgIpc) is 2.68. The van der Waals surface area contributed by atoms with Gasteiger partial charge in [-0.2, -0.15) is 31.6 Å². The molecule has 2 rings (SSSR count). The van der Waals surface area contributed by atoms with Crippen LogP contribution in [0.25, 0.3) is 0 Å². The van der Waals surface area contributed by atoms with Gasteiger partial charge in [0.1, 0.15) is 17.4 Å². The van der Waals surface area contributed by atoms with Crippen LogP contribution in [-0.2, 0) is 16.1 Å². The largest absolute Gasteiger partial charge is 0.490 e. The Labute approximate surface area is 175 Å². The van der Waals surface area contributed by atoms with E-state index in [0.29, 0.717) is 12.2 Å². The number of hydrogen-bond acceptors (Lipinski definition) is 5. The van der Waals surface area contributed by atoms with Crippen LogP contribution in [0.4, 0.5) is 42.1 Å². The number of carboxylic acids is 2. The maximum absolute atomic E-state index is 13.4. The normalized spacial score (nSPS) is 10.5. The number of hydrogen-bond donors (Lipinski definition) is 4. The van der Waals surface area contributed by atoms with Gasteiger partial charge in [-0.3, -0.25) is 0 Å². The van der Waals surface area contributed by atoms with E-state index in [1.54, 1.807) is 12.1 Å². The van der Waals surface area contributed by atoms with E-state index >= 15 is 0 Å². The van der Waals surface area contributed by atoms with Crippen LogP contribution in [0.1, 0.15) is 11.1 Å². The predicted molar refractivity (Wildman–Crippen MR) is 96.1 cm³/mol. The second-order valence-electron chi connectivity index (χ2n) is 5.41. The maximum atomic E-state index is 13.4. The van der Waals surface area contributed by atoms with Crippen molar-refractivity contribution in [1.29, 1.82) is 5.26 Å². The molecule has 5 N–H and O–H groups in total. The summed E-state index contributed by atoms with van der Waals surface area (Å²) in [6, 6.07) is 13.8. The number of alkyl halides is 6. The lowest BCUT2D eigenvalue weighted by Crippen LogP contribution is -2.21. The van der Waals surface area contributed by atoms with Crippen LogP contribution in [0.2, 0.25) is 0 Å².